The molecule has 1 unspecified atom stereocenters. The molecule has 0 aromatic heterocycles. The summed E-state index contributed by atoms with van der Waals surface area (Å²) in [6, 6.07) is 71.6. The Morgan fingerprint density at radius 1 is 0.414 bits per heavy atom. The molecule has 0 bridgehead atoms. The topological polar surface area (TPSA) is 46.0 Å². The van der Waals surface area contributed by atoms with Crippen LogP contribution in [0.15, 0.2) is 210 Å². The lowest BCUT2D eigenvalue weighted by molar-refractivity contribution is 0.436. The second-order valence-corrected chi connectivity index (χ2v) is 15.4. The maximum atomic E-state index is 6.56. The fourth-order valence-electron chi connectivity index (χ4n) is 9.45. The van der Waals surface area contributed by atoms with Gasteiger partial charge in [-0.1, -0.05) is 170 Å². The van der Waals surface area contributed by atoms with Gasteiger partial charge in [0.2, 0.25) is 0 Å². The van der Waals surface area contributed by atoms with E-state index in [1.54, 1.807) is 0 Å². The number of benzene rings is 9. The van der Waals surface area contributed by atoms with E-state index in [-0.39, 0.29) is 6.17 Å². The fourth-order valence-corrected chi connectivity index (χ4v) is 9.45. The van der Waals surface area contributed by atoms with E-state index in [1.165, 1.54) is 49.5 Å². The SMILES string of the molecule is c1ccc2c(c1)Oc1ccccc1C21c2ccccc2-c2ccc(-c3ccc(C4N=C(c5ccc6ccccc6c5)N=C(c5ccc6ccccc6c5)N4)cc3)cc21. The van der Waals surface area contributed by atoms with Crippen LogP contribution < -0.4 is 10.1 Å². The number of nitrogens with zero attached hydrogens (tertiary/aromatic N) is 2. The minimum Gasteiger partial charge on any atom is -0.457 e. The second-order valence-electron chi connectivity index (χ2n) is 15.4. The summed E-state index contributed by atoms with van der Waals surface area (Å²) in [5.74, 6) is 3.31. The summed E-state index contributed by atoms with van der Waals surface area (Å²) in [5, 5.41) is 8.43. The van der Waals surface area contributed by atoms with Crippen molar-refractivity contribution in [1.29, 1.82) is 0 Å². The summed E-state index contributed by atoms with van der Waals surface area (Å²) in [4.78, 5) is 10.4. The lowest BCUT2D eigenvalue weighted by atomic mass is 9.66. The molecule has 0 fully saturated rings. The molecule has 0 amide bonds. The van der Waals surface area contributed by atoms with Crippen LogP contribution in [0.1, 0.15) is 45.1 Å². The smallest absolute Gasteiger partial charge is 0.159 e. The van der Waals surface area contributed by atoms with Crippen LogP contribution >= 0.6 is 0 Å². The molecule has 0 saturated carbocycles. The van der Waals surface area contributed by atoms with Crippen LogP contribution in [0.25, 0.3) is 43.8 Å². The van der Waals surface area contributed by atoms with E-state index in [2.05, 4.69) is 206 Å². The van der Waals surface area contributed by atoms with Crippen molar-refractivity contribution in [2.75, 3.05) is 0 Å². The molecule has 1 atom stereocenters. The number of aliphatic imine (C=N–C) groups is 2. The molecule has 9 aromatic carbocycles. The molecule has 4 heteroatoms. The molecule has 0 radical (unpaired) electrons. The summed E-state index contributed by atoms with van der Waals surface area (Å²) in [7, 11) is 0. The van der Waals surface area contributed by atoms with Crippen LogP contribution in [-0.4, -0.2) is 11.7 Å². The van der Waals surface area contributed by atoms with Gasteiger partial charge < -0.3 is 10.1 Å². The van der Waals surface area contributed by atoms with Crippen LogP contribution in [0.2, 0.25) is 0 Å². The highest BCUT2D eigenvalue weighted by atomic mass is 16.5. The third kappa shape index (κ3) is 4.95. The number of amidine groups is 2. The first-order valence-corrected chi connectivity index (χ1v) is 19.8. The molecule has 9 aromatic rings. The maximum absolute atomic E-state index is 6.56. The van der Waals surface area contributed by atoms with E-state index in [4.69, 9.17) is 14.7 Å². The van der Waals surface area contributed by atoms with Crippen molar-refractivity contribution in [3.05, 3.63) is 239 Å². The number of nitrogens with one attached hydrogen (secondary N) is 1. The highest BCUT2D eigenvalue weighted by molar-refractivity contribution is 6.14. The van der Waals surface area contributed by atoms with Gasteiger partial charge in [0.1, 0.15) is 23.5 Å². The van der Waals surface area contributed by atoms with E-state index in [1.807, 2.05) is 0 Å². The average Bonchev–Trinajstić information content (AvgIpc) is 3.58. The molecule has 3 aliphatic rings. The third-order valence-electron chi connectivity index (χ3n) is 12.2. The minimum absolute atomic E-state index is 0.331. The Balaban J connectivity index is 0.956. The molecule has 4 nitrogen and oxygen atoms in total. The Bertz CT molecular complexity index is 3150. The van der Waals surface area contributed by atoms with Crippen LogP contribution in [0.3, 0.4) is 0 Å². The number of para-hydroxylation sites is 2. The third-order valence-corrected chi connectivity index (χ3v) is 12.2. The maximum Gasteiger partial charge on any atom is 0.159 e. The lowest BCUT2D eigenvalue weighted by Crippen LogP contribution is -2.33. The monoisotopic (exact) mass is 741 g/mol. The quantitative estimate of drug-likeness (QED) is 0.195. The van der Waals surface area contributed by atoms with Gasteiger partial charge in [-0.05, 0) is 90.8 Å². The van der Waals surface area contributed by atoms with Crippen molar-refractivity contribution < 1.29 is 4.74 Å². The van der Waals surface area contributed by atoms with Crippen molar-refractivity contribution in [2.45, 2.75) is 11.6 Å². The van der Waals surface area contributed by atoms with Gasteiger partial charge in [-0.15, -0.1) is 0 Å². The number of fused-ring (bicyclic) bond motifs is 11. The van der Waals surface area contributed by atoms with Gasteiger partial charge in [-0.3, -0.25) is 0 Å². The predicted molar refractivity (Wildman–Crippen MR) is 236 cm³/mol. The summed E-state index contributed by atoms with van der Waals surface area (Å²) in [6.45, 7) is 0. The summed E-state index contributed by atoms with van der Waals surface area (Å²) < 4.78 is 6.56. The van der Waals surface area contributed by atoms with Crippen LogP contribution in [0.5, 0.6) is 11.5 Å². The molecule has 272 valence electrons. The number of hydrogen-bond donors (Lipinski definition) is 1. The number of rotatable bonds is 4. The van der Waals surface area contributed by atoms with Crippen molar-refractivity contribution in [3.8, 4) is 33.8 Å². The van der Waals surface area contributed by atoms with E-state index >= 15 is 0 Å². The minimum atomic E-state index is -0.508. The Kier molecular flexibility index (Phi) is 7.17. The Labute approximate surface area is 336 Å². The highest BCUT2D eigenvalue weighted by Gasteiger charge is 2.51. The standard InChI is InChI=1S/C54H35N3O/c1-3-13-38-31-41(27-23-34(38)11-1)52-55-51(56-53(57-52)42-28-24-35-12-2-4-14-39(35)32-42)37-25-21-36(22-26-37)40-29-30-44-43-15-5-6-16-45(43)54(48(44)33-40)46-17-7-9-19-49(46)58-50-20-10-8-18-47(50)54/h1-33,51H,(H,55,56,57). The first-order chi connectivity index (χ1) is 28.7. The van der Waals surface area contributed by atoms with Crippen LogP contribution in [0.4, 0.5) is 0 Å². The molecule has 1 N–H and O–H groups in total. The zero-order valence-electron chi connectivity index (χ0n) is 31.4. The van der Waals surface area contributed by atoms with Crippen molar-refractivity contribution >= 4 is 33.2 Å². The van der Waals surface area contributed by atoms with Gasteiger partial charge in [0.15, 0.2) is 5.84 Å². The normalized spacial score (nSPS) is 15.7. The Hall–Kier alpha value is -7.56. The molecule has 2 heterocycles. The molecular weight excluding hydrogens is 707 g/mol. The van der Waals surface area contributed by atoms with E-state index in [0.717, 1.165) is 50.5 Å². The van der Waals surface area contributed by atoms with Gasteiger partial charge in [0.05, 0.1) is 5.41 Å². The van der Waals surface area contributed by atoms with Gasteiger partial charge >= 0.3 is 0 Å². The molecule has 2 aliphatic heterocycles. The van der Waals surface area contributed by atoms with Crippen LogP contribution in [-0.2, 0) is 5.41 Å². The summed E-state index contributed by atoms with van der Waals surface area (Å²) >= 11 is 0. The van der Waals surface area contributed by atoms with Crippen molar-refractivity contribution in [2.24, 2.45) is 9.98 Å². The van der Waals surface area contributed by atoms with Gasteiger partial charge in [-0.2, -0.15) is 0 Å². The van der Waals surface area contributed by atoms with Crippen molar-refractivity contribution in [3.63, 3.8) is 0 Å². The largest absolute Gasteiger partial charge is 0.457 e. The summed E-state index contributed by atoms with van der Waals surface area (Å²) in [6.07, 6.45) is -0.331. The highest BCUT2D eigenvalue weighted by Crippen LogP contribution is 2.62. The number of hydrogen-bond acceptors (Lipinski definition) is 4. The first kappa shape index (κ1) is 32.7. The van der Waals surface area contributed by atoms with E-state index in [9.17, 15) is 0 Å². The zero-order chi connectivity index (χ0) is 38.2. The molecule has 0 saturated heterocycles. The number of ether oxygens (including phenoxy) is 1. The van der Waals surface area contributed by atoms with Gasteiger partial charge in [0, 0.05) is 22.3 Å². The van der Waals surface area contributed by atoms with E-state index in [0.29, 0.717) is 5.84 Å². The Morgan fingerprint density at radius 2 is 0.948 bits per heavy atom. The van der Waals surface area contributed by atoms with Gasteiger partial charge in [0.25, 0.3) is 0 Å². The Morgan fingerprint density at radius 3 is 1.66 bits per heavy atom. The van der Waals surface area contributed by atoms with Gasteiger partial charge in [-0.25, -0.2) is 9.98 Å². The lowest BCUT2D eigenvalue weighted by Gasteiger charge is -2.39. The predicted octanol–water partition coefficient (Wildman–Crippen LogP) is 12.6. The fraction of sp³-hybridized carbons (Fsp3) is 0.0370. The first-order valence-electron chi connectivity index (χ1n) is 19.8. The second kappa shape index (κ2) is 12.7. The molecule has 1 aliphatic carbocycles. The van der Waals surface area contributed by atoms with Crippen molar-refractivity contribution in [1.82, 2.24) is 5.32 Å². The average molecular weight is 742 g/mol. The molecular formula is C54H35N3O. The van der Waals surface area contributed by atoms with Crippen LogP contribution in [0, 0.1) is 0 Å². The van der Waals surface area contributed by atoms with E-state index < -0.39 is 5.41 Å². The zero-order valence-corrected chi connectivity index (χ0v) is 31.4. The molecule has 1 spiro atoms. The summed E-state index contributed by atoms with van der Waals surface area (Å²) in [5.41, 5.74) is 12.3. The molecule has 58 heavy (non-hydrogen) atoms. The molecule has 12 rings (SSSR count).